The summed E-state index contributed by atoms with van der Waals surface area (Å²) in [5, 5.41) is 32.4. The van der Waals surface area contributed by atoms with Crippen molar-refractivity contribution < 1.29 is 61.4 Å². The number of aliphatic carboxylic acids is 3. The Morgan fingerprint density at radius 2 is 0.784 bits per heavy atom. The van der Waals surface area contributed by atoms with Crippen molar-refractivity contribution in [2.45, 2.75) is 79.1 Å². The summed E-state index contributed by atoms with van der Waals surface area (Å²) in [6.45, 7) is 17.5. The molecule has 0 saturated heterocycles. The number of carbonyl (C=O) groups excluding carboxylic acids is 3. The second-order valence-electron chi connectivity index (χ2n) is 13.3. The molecule has 2 aromatic rings. The topological polar surface area (TPSA) is 194 Å². The fourth-order valence-corrected chi connectivity index (χ4v) is 5.31. The molecule has 0 aliphatic carbocycles. The van der Waals surface area contributed by atoms with Gasteiger partial charge in [-0.15, -0.1) is 0 Å². The monoisotopic (exact) mass is 749 g/mol. The van der Waals surface area contributed by atoms with Gasteiger partial charge in [-0.3, -0.25) is 33.8 Å². The van der Waals surface area contributed by atoms with Gasteiger partial charge in [-0.25, -0.2) is 0 Å². The van der Waals surface area contributed by atoms with E-state index in [1.807, 2.05) is 91.8 Å². The Bertz CT molecular complexity index is 1310. The van der Waals surface area contributed by atoms with Crippen molar-refractivity contribution in [1.29, 1.82) is 0 Å². The fourth-order valence-electron chi connectivity index (χ4n) is 5.31. The van der Waals surface area contributed by atoms with Crippen LogP contribution in [0.4, 0.5) is 11.4 Å². The minimum atomic E-state index is -1.18. The van der Waals surface area contributed by atoms with Crippen molar-refractivity contribution in [2.24, 2.45) is 0 Å². The number of para-hydroxylation sites is 2. The fraction of sp³-hybridized carbons (Fsp3) is 0.486. The maximum Gasteiger partial charge on any atom is 4.00 e. The molecule has 0 spiro atoms. The molecule has 0 aromatic heterocycles. The number of nitrogens with one attached hydrogen (secondary N) is 2. The third kappa shape index (κ3) is 17.0. The van der Waals surface area contributed by atoms with Crippen LogP contribution in [0.15, 0.2) is 36.4 Å². The number of carboxylic acid groups (broad SMARTS) is 3. The third-order valence-corrected chi connectivity index (χ3v) is 7.49. The predicted octanol–water partition coefficient (Wildman–Crippen LogP) is 5.00. The van der Waals surface area contributed by atoms with Crippen molar-refractivity contribution >= 4 is 46.9 Å². The maximum atomic E-state index is 12.5. The minimum Gasteiger partial charge on any atom is -0.480 e. The number of benzene rings is 2. The quantitative estimate of drug-likeness (QED) is 0.129. The van der Waals surface area contributed by atoms with Crippen LogP contribution in [-0.4, -0.2) is 99.9 Å². The van der Waals surface area contributed by atoms with Gasteiger partial charge in [0.05, 0.1) is 32.7 Å². The molecule has 0 atom stereocenters. The van der Waals surface area contributed by atoms with Gasteiger partial charge >= 0.3 is 35.3 Å². The van der Waals surface area contributed by atoms with Gasteiger partial charge in [0.2, 0.25) is 11.8 Å². The summed E-state index contributed by atoms with van der Waals surface area (Å²) in [5.41, 5.74) is 5.53. The zero-order valence-electron chi connectivity index (χ0n) is 30.8. The molecule has 0 aliphatic heterocycles. The summed E-state index contributed by atoms with van der Waals surface area (Å²) < 4.78 is 0. The number of amides is 2. The summed E-state index contributed by atoms with van der Waals surface area (Å²) >= 11 is 0. The summed E-state index contributed by atoms with van der Waals surface area (Å²) in [5.74, 6) is -3.82. The number of anilines is 2. The Kier molecular flexibility index (Phi) is 20.7. The van der Waals surface area contributed by atoms with E-state index in [0.717, 1.165) is 38.5 Å². The standard InChI is InChI=1S/C19H27N2O4.C18H26N2O5.Cr/c1-12(2)15-7-6-8-16(13(3)4)19(15)20-17(23)10-21(9-14(5)22)11-18(24)25;1-11(2)13-6-5-7-14(12(3)4)18(13)19-15(21)8-20(9-16(22)23)10-17(24)25;/h6-8,12-13H,5,9-11H2,1-4H3,(H,20,23)(H,24,25);5-7,11-12H,8-10H2,1-4H3,(H,19,21)(H,22,23)(H,24,25);/q-1;;+4. The number of ketones is 1. The molecule has 0 bridgehead atoms. The Balaban J connectivity index is 0.000000962. The van der Waals surface area contributed by atoms with Crippen molar-refractivity contribution in [3.63, 3.8) is 0 Å². The Hall–Kier alpha value is -4.22. The molecule has 51 heavy (non-hydrogen) atoms. The second kappa shape index (κ2) is 22.6. The van der Waals surface area contributed by atoms with Gasteiger partial charge in [-0.2, -0.15) is 0 Å². The molecule has 2 amide bonds. The van der Waals surface area contributed by atoms with Crippen LogP contribution >= 0.6 is 0 Å². The normalized spacial score (nSPS) is 10.9. The Morgan fingerprint density at radius 3 is 1.00 bits per heavy atom. The number of carbonyl (C=O) groups is 6. The molecule has 13 nitrogen and oxygen atoms in total. The molecular formula is C37H53CrN4O9+3. The molecular weight excluding hydrogens is 696 g/mol. The van der Waals surface area contributed by atoms with Crippen molar-refractivity contribution in [3.05, 3.63) is 65.6 Å². The average molecular weight is 750 g/mol. The van der Waals surface area contributed by atoms with Crippen molar-refractivity contribution in [2.75, 3.05) is 49.9 Å². The van der Waals surface area contributed by atoms with Gasteiger partial charge in [-0.05, 0) is 45.9 Å². The van der Waals surface area contributed by atoms with Crippen LogP contribution in [0.1, 0.15) is 101 Å². The minimum absolute atomic E-state index is 0. The zero-order chi connectivity index (χ0) is 38.3. The largest absolute Gasteiger partial charge is 4.00 e. The van der Waals surface area contributed by atoms with Crippen molar-refractivity contribution in [1.82, 2.24) is 9.80 Å². The van der Waals surface area contributed by atoms with Gasteiger partial charge in [0.25, 0.3) is 0 Å². The van der Waals surface area contributed by atoms with Crippen LogP contribution in [0.5, 0.6) is 0 Å². The van der Waals surface area contributed by atoms with Crippen LogP contribution in [0.25, 0.3) is 0 Å². The van der Waals surface area contributed by atoms with E-state index in [4.69, 9.17) is 15.3 Å². The molecule has 0 aliphatic rings. The number of hydrogen-bond acceptors (Lipinski definition) is 8. The maximum absolute atomic E-state index is 12.5. The van der Waals surface area contributed by atoms with E-state index in [1.165, 1.54) is 4.90 Å². The van der Waals surface area contributed by atoms with Crippen LogP contribution in [0.2, 0.25) is 0 Å². The average Bonchev–Trinajstić information content (AvgIpc) is 2.95. The molecule has 0 radical (unpaired) electrons. The van der Waals surface area contributed by atoms with Crippen molar-refractivity contribution in [3.8, 4) is 0 Å². The van der Waals surface area contributed by atoms with E-state index in [0.29, 0.717) is 0 Å². The second-order valence-corrected chi connectivity index (χ2v) is 13.3. The smallest absolute Gasteiger partial charge is 0.480 e. The molecule has 2 rings (SSSR count). The van der Waals surface area contributed by atoms with Crippen LogP contribution in [0, 0.1) is 6.92 Å². The molecule has 2 aromatic carbocycles. The molecule has 278 valence electrons. The number of rotatable bonds is 18. The van der Waals surface area contributed by atoms with E-state index >= 15 is 0 Å². The number of Topliss-reactive ketones (excluding diaryl/α,β-unsaturated/α-hetero) is 1. The molecule has 0 fully saturated rings. The van der Waals surface area contributed by atoms with Crippen LogP contribution in [-0.2, 0) is 46.1 Å². The van der Waals surface area contributed by atoms with E-state index in [2.05, 4.69) is 17.6 Å². The zero-order valence-corrected chi connectivity index (χ0v) is 32.1. The molecule has 0 heterocycles. The third-order valence-electron chi connectivity index (χ3n) is 7.49. The summed E-state index contributed by atoms with van der Waals surface area (Å²) in [7, 11) is 0. The predicted molar refractivity (Wildman–Crippen MR) is 193 cm³/mol. The first-order valence-corrected chi connectivity index (χ1v) is 16.5. The summed E-state index contributed by atoms with van der Waals surface area (Å²) in [6.07, 6.45) is 0. The summed E-state index contributed by atoms with van der Waals surface area (Å²) in [4.78, 5) is 71.0. The van der Waals surface area contributed by atoms with E-state index in [1.54, 1.807) is 0 Å². The number of nitrogens with zero attached hydrogens (tertiary/aromatic N) is 2. The first-order chi connectivity index (χ1) is 23.2. The van der Waals surface area contributed by atoms with Gasteiger partial charge in [0.1, 0.15) is 0 Å². The number of carboxylic acids is 3. The molecule has 0 saturated carbocycles. The van der Waals surface area contributed by atoms with Gasteiger partial charge in [0.15, 0.2) is 0 Å². The van der Waals surface area contributed by atoms with E-state index in [9.17, 15) is 28.8 Å². The number of hydrogen-bond donors (Lipinski definition) is 5. The molecule has 5 N–H and O–H groups in total. The first-order valence-electron chi connectivity index (χ1n) is 16.5. The SMILES string of the molecule is CC(C)c1cccc(C(C)C)c1NC(=O)CN(CC(=O)O)CC(=O)O.[CH2-]C(=O)CN(CC(=O)O)CC(=O)Nc1c(C(C)C)cccc1C(C)C.[Cr+4]. The summed E-state index contributed by atoms with van der Waals surface area (Å²) in [6, 6.07) is 11.7. The van der Waals surface area contributed by atoms with Gasteiger partial charge in [-0.1, -0.05) is 91.8 Å². The molecule has 0 unspecified atom stereocenters. The first kappa shape index (κ1) is 46.8. The van der Waals surface area contributed by atoms with Gasteiger partial charge < -0.3 is 37.7 Å². The van der Waals surface area contributed by atoms with Crippen LogP contribution < -0.4 is 10.6 Å². The van der Waals surface area contributed by atoms with Crippen LogP contribution in [0.3, 0.4) is 0 Å². The van der Waals surface area contributed by atoms with Gasteiger partial charge in [0, 0.05) is 23.7 Å². The van der Waals surface area contributed by atoms with E-state index in [-0.39, 0.29) is 66.6 Å². The Labute approximate surface area is 311 Å². The van der Waals surface area contributed by atoms with E-state index < -0.39 is 49.2 Å². The molecule has 14 heteroatoms. The Morgan fingerprint density at radius 1 is 0.529 bits per heavy atom.